The van der Waals surface area contributed by atoms with Crippen LogP contribution in [0.1, 0.15) is 6.42 Å². The molecule has 0 fully saturated rings. The van der Waals surface area contributed by atoms with Crippen LogP contribution in [0.5, 0.6) is 0 Å². The van der Waals surface area contributed by atoms with Gasteiger partial charge in [0, 0.05) is 22.1 Å². The second kappa shape index (κ2) is 5.30. The summed E-state index contributed by atoms with van der Waals surface area (Å²) in [5, 5.41) is 5.59. The monoisotopic (exact) mass is 281 g/mol. The average Bonchev–Trinajstić information content (AvgIpc) is 2.33. The van der Waals surface area contributed by atoms with Crippen LogP contribution in [-0.4, -0.2) is 13.2 Å². The predicted octanol–water partition coefficient (Wildman–Crippen LogP) is 4.37. The molecule has 2 rings (SSSR count). The van der Waals surface area contributed by atoms with E-state index in [1.54, 1.807) is 0 Å². The maximum Gasteiger partial charge on any atom is 0.0911 e. The number of hydrogen-bond acceptors (Lipinski definition) is 1. The van der Waals surface area contributed by atoms with Crippen LogP contribution in [-0.2, 0) is 0 Å². The van der Waals surface area contributed by atoms with Crippen molar-refractivity contribution in [3.05, 3.63) is 40.9 Å². The fourth-order valence-electron chi connectivity index (χ4n) is 1.71. The third kappa shape index (κ3) is 2.35. The first-order chi connectivity index (χ1) is 7.83. The molecule has 0 atom stereocenters. The lowest BCUT2D eigenvalue weighted by atomic mass is 10.1. The second-order valence-corrected chi connectivity index (χ2v) is 4.46. The van der Waals surface area contributed by atoms with Crippen molar-refractivity contribution in [2.45, 2.75) is 6.42 Å². The van der Waals surface area contributed by atoms with E-state index in [-0.39, 0.29) is 6.67 Å². The highest BCUT2D eigenvalue weighted by molar-refractivity contribution is 9.10. The molecule has 0 amide bonds. The van der Waals surface area contributed by atoms with Crippen molar-refractivity contribution in [1.29, 1.82) is 0 Å². The SMILES string of the molecule is FCCCNc1ccc(Br)c2ccccc12. The number of nitrogens with one attached hydrogen (secondary N) is 1. The van der Waals surface area contributed by atoms with Gasteiger partial charge in [-0.1, -0.05) is 40.2 Å². The molecule has 2 aromatic rings. The Morgan fingerprint density at radius 2 is 1.81 bits per heavy atom. The summed E-state index contributed by atoms with van der Waals surface area (Å²) in [4.78, 5) is 0. The molecule has 0 aliphatic rings. The van der Waals surface area contributed by atoms with Crippen LogP contribution >= 0.6 is 15.9 Å². The van der Waals surface area contributed by atoms with Crippen LogP contribution in [0.4, 0.5) is 10.1 Å². The smallest absolute Gasteiger partial charge is 0.0911 e. The first-order valence-corrected chi connectivity index (χ1v) is 6.09. The summed E-state index contributed by atoms with van der Waals surface area (Å²) in [5.74, 6) is 0. The fraction of sp³-hybridized carbons (Fsp3) is 0.231. The Morgan fingerprint density at radius 1 is 1.06 bits per heavy atom. The minimum absolute atomic E-state index is 0.276. The van der Waals surface area contributed by atoms with Gasteiger partial charge < -0.3 is 5.32 Å². The Balaban J connectivity index is 2.35. The number of halogens is 2. The van der Waals surface area contributed by atoms with E-state index in [9.17, 15) is 4.39 Å². The molecule has 0 saturated heterocycles. The highest BCUT2D eigenvalue weighted by Gasteiger charge is 2.02. The summed E-state index contributed by atoms with van der Waals surface area (Å²) in [6.07, 6.45) is 0.546. The summed E-state index contributed by atoms with van der Waals surface area (Å²) in [6, 6.07) is 12.2. The molecular formula is C13H13BrFN. The molecule has 0 saturated carbocycles. The summed E-state index contributed by atoms with van der Waals surface area (Å²) < 4.78 is 13.1. The van der Waals surface area contributed by atoms with E-state index >= 15 is 0 Å². The number of fused-ring (bicyclic) bond motifs is 1. The van der Waals surface area contributed by atoms with E-state index in [4.69, 9.17) is 0 Å². The number of rotatable bonds is 4. The number of anilines is 1. The predicted molar refractivity (Wildman–Crippen MR) is 70.7 cm³/mol. The van der Waals surface area contributed by atoms with Crippen LogP contribution in [0.25, 0.3) is 10.8 Å². The van der Waals surface area contributed by atoms with Crippen molar-refractivity contribution in [2.75, 3.05) is 18.5 Å². The minimum Gasteiger partial charge on any atom is -0.384 e. The Hall–Kier alpha value is -1.09. The molecule has 3 heteroatoms. The van der Waals surface area contributed by atoms with Gasteiger partial charge in [0.25, 0.3) is 0 Å². The van der Waals surface area contributed by atoms with Crippen molar-refractivity contribution in [1.82, 2.24) is 0 Å². The third-order valence-corrected chi connectivity index (χ3v) is 3.19. The van der Waals surface area contributed by atoms with Crippen LogP contribution in [0, 0.1) is 0 Å². The van der Waals surface area contributed by atoms with Gasteiger partial charge >= 0.3 is 0 Å². The lowest BCUT2D eigenvalue weighted by molar-refractivity contribution is 0.481. The lowest BCUT2D eigenvalue weighted by Gasteiger charge is -2.10. The maximum atomic E-state index is 12.0. The van der Waals surface area contributed by atoms with Gasteiger partial charge in [-0.25, -0.2) is 0 Å². The van der Waals surface area contributed by atoms with Crippen molar-refractivity contribution in [3.8, 4) is 0 Å². The van der Waals surface area contributed by atoms with E-state index in [0.29, 0.717) is 13.0 Å². The van der Waals surface area contributed by atoms with Gasteiger partial charge in [0.2, 0.25) is 0 Å². The van der Waals surface area contributed by atoms with Gasteiger partial charge in [-0.2, -0.15) is 0 Å². The molecule has 0 bridgehead atoms. The van der Waals surface area contributed by atoms with E-state index in [0.717, 1.165) is 15.5 Å². The zero-order valence-electron chi connectivity index (χ0n) is 8.84. The van der Waals surface area contributed by atoms with Crippen molar-refractivity contribution in [2.24, 2.45) is 0 Å². The van der Waals surface area contributed by atoms with Crippen LogP contribution < -0.4 is 5.32 Å². The molecule has 16 heavy (non-hydrogen) atoms. The zero-order chi connectivity index (χ0) is 11.4. The number of benzene rings is 2. The molecule has 0 spiro atoms. The zero-order valence-corrected chi connectivity index (χ0v) is 10.4. The van der Waals surface area contributed by atoms with E-state index < -0.39 is 0 Å². The molecular weight excluding hydrogens is 269 g/mol. The van der Waals surface area contributed by atoms with Gasteiger partial charge in [0.1, 0.15) is 0 Å². The molecule has 0 unspecified atom stereocenters. The largest absolute Gasteiger partial charge is 0.384 e. The Labute approximate surface area is 103 Å². The molecule has 0 aliphatic heterocycles. The molecule has 0 radical (unpaired) electrons. The highest BCUT2D eigenvalue weighted by atomic mass is 79.9. The Kier molecular flexibility index (Phi) is 3.78. The van der Waals surface area contributed by atoms with Gasteiger partial charge in [-0.05, 0) is 23.9 Å². The Bertz CT molecular complexity index is 484. The van der Waals surface area contributed by atoms with Gasteiger partial charge in [0.05, 0.1) is 6.67 Å². The van der Waals surface area contributed by atoms with E-state index in [1.807, 2.05) is 24.3 Å². The average molecular weight is 282 g/mol. The first kappa shape index (κ1) is 11.4. The van der Waals surface area contributed by atoms with Crippen LogP contribution in [0.15, 0.2) is 40.9 Å². The van der Waals surface area contributed by atoms with Crippen molar-refractivity contribution in [3.63, 3.8) is 0 Å². The maximum absolute atomic E-state index is 12.0. The van der Waals surface area contributed by atoms with E-state index in [2.05, 4.69) is 33.4 Å². The molecule has 0 aromatic heterocycles. The minimum atomic E-state index is -0.276. The molecule has 84 valence electrons. The fourth-order valence-corrected chi connectivity index (χ4v) is 2.18. The van der Waals surface area contributed by atoms with Crippen molar-refractivity contribution < 1.29 is 4.39 Å². The van der Waals surface area contributed by atoms with Crippen LogP contribution in [0.3, 0.4) is 0 Å². The highest BCUT2D eigenvalue weighted by Crippen LogP contribution is 2.29. The molecule has 0 aliphatic carbocycles. The number of alkyl halides is 1. The Morgan fingerprint density at radius 3 is 2.56 bits per heavy atom. The molecule has 1 N–H and O–H groups in total. The summed E-state index contributed by atoms with van der Waals surface area (Å²) in [7, 11) is 0. The van der Waals surface area contributed by atoms with Crippen LogP contribution in [0.2, 0.25) is 0 Å². The van der Waals surface area contributed by atoms with Gasteiger partial charge in [-0.15, -0.1) is 0 Å². The summed E-state index contributed by atoms with van der Waals surface area (Å²) >= 11 is 3.53. The van der Waals surface area contributed by atoms with Gasteiger partial charge in [0.15, 0.2) is 0 Å². The molecule has 1 nitrogen and oxygen atoms in total. The molecule has 0 heterocycles. The third-order valence-electron chi connectivity index (χ3n) is 2.50. The summed E-state index contributed by atoms with van der Waals surface area (Å²) in [5.41, 5.74) is 1.06. The summed E-state index contributed by atoms with van der Waals surface area (Å²) in [6.45, 7) is 0.392. The topological polar surface area (TPSA) is 12.0 Å². The standard InChI is InChI=1S/C13H13BrFN/c14-12-6-7-13(16-9-3-8-15)11-5-2-1-4-10(11)12/h1-2,4-7,16H,3,8-9H2. The normalized spacial score (nSPS) is 10.6. The van der Waals surface area contributed by atoms with E-state index in [1.165, 1.54) is 5.39 Å². The van der Waals surface area contributed by atoms with Crippen molar-refractivity contribution >= 4 is 32.4 Å². The lowest BCUT2D eigenvalue weighted by Crippen LogP contribution is -2.02. The first-order valence-electron chi connectivity index (χ1n) is 5.30. The second-order valence-electron chi connectivity index (χ2n) is 3.61. The van der Waals surface area contributed by atoms with Gasteiger partial charge in [-0.3, -0.25) is 4.39 Å². The number of hydrogen-bond donors (Lipinski definition) is 1. The molecule has 2 aromatic carbocycles. The quantitative estimate of drug-likeness (QED) is 0.821.